The second-order valence-electron chi connectivity index (χ2n) is 8.43. The van der Waals surface area contributed by atoms with E-state index in [1.165, 1.54) is 36.4 Å². The molecule has 0 saturated carbocycles. The zero-order chi connectivity index (χ0) is 22.1. The maximum absolute atomic E-state index is 6.14. The molecule has 1 saturated heterocycles. The van der Waals surface area contributed by atoms with Crippen molar-refractivity contribution in [3.8, 4) is 0 Å². The SMILES string of the molecule is CC(C)CNCCn1c(Sc2cc3snnc3cc2N2CCCC2)nc2c(N)ncnc21. The smallest absolute Gasteiger partial charge is 0.175 e. The van der Waals surface area contributed by atoms with Crippen molar-refractivity contribution in [2.24, 2.45) is 5.92 Å². The van der Waals surface area contributed by atoms with Crippen LogP contribution < -0.4 is 16.0 Å². The van der Waals surface area contributed by atoms with Gasteiger partial charge in [-0.3, -0.25) is 0 Å². The van der Waals surface area contributed by atoms with E-state index in [-0.39, 0.29) is 0 Å². The standard InChI is InChI=1S/C21H27N9S2/c1-13(2)11-23-5-8-30-20-18(19(22)24-12-25-20)26-21(30)31-17-10-16-14(27-28-32-16)9-15(17)29-6-3-4-7-29/h9-10,12-13,23H,3-8,11H2,1-2H3,(H2,22,24,25). The maximum atomic E-state index is 6.14. The Labute approximate surface area is 195 Å². The van der Waals surface area contributed by atoms with Crippen molar-refractivity contribution in [1.29, 1.82) is 0 Å². The molecule has 3 N–H and O–H groups in total. The van der Waals surface area contributed by atoms with E-state index in [1.54, 1.807) is 11.8 Å². The highest BCUT2D eigenvalue weighted by Crippen LogP contribution is 2.40. The van der Waals surface area contributed by atoms with Gasteiger partial charge in [0.2, 0.25) is 0 Å². The molecule has 4 heterocycles. The number of nitrogens with two attached hydrogens (primary N) is 1. The fourth-order valence-electron chi connectivity index (χ4n) is 3.98. The average Bonchev–Trinajstić information content (AvgIpc) is 3.51. The van der Waals surface area contributed by atoms with E-state index in [9.17, 15) is 0 Å². The first-order chi connectivity index (χ1) is 15.6. The fraction of sp³-hybridized carbons (Fsp3) is 0.476. The molecule has 0 radical (unpaired) electrons. The molecule has 1 aromatic carbocycles. The Morgan fingerprint density at radius 3 is 2.88 bits per heavy atom. The van der Waals surface area contributed by atoms with E-state index < -0.39 is 0 Å². The van der Waals surface area contributed by atoms with E-state index >= 15 is 0 Å². The average molecular weight is 470 g/mol. The van der Waals surface area contributed by atoms with E-state index in [4.69, 9.17) is 10.7 Å². The van der Waals surface area contributed by atoms with Crippen molar-refractivity contribution in [1.82, 2.24) is 34.4 Å². The van der Waals surface area contributed by atoms with Crippen LogP contribution in [0, 0.1) is 5.92 Å². The van der Waals surface area contributed by atoms with Gasteiger partial charge in [0.15, 0.2) is 22.1 Å². The van der Waals surface area contributed by atoms with Gasteiger partial charge in [-0.25, -0.2) is 15.0 Å². The Hall–Kier alpha value is -2.50. The minimum absolute atomic E-state index is 0.410. The number of hydrogen-bond acceptors (Lipinski definition) is 10. The normalized spacial score (nSPS) is 14.4. The summed E-state index contributed by atoms with van der Waals surface area (Å²) in [7, 11) is 0. The van der Waals surface area contributed by atoms with Crippen LogP contribution in [0.15, 0.2) is 28.5 Å². The molecule has 0 spiro atoms. The lowest BCUT2D eigenvalue weighted by atomic mass is 10.2. The molecule has 168 valence electrons. The highest BCUT2D eigenvalue weighted by Gasteiger charge is 2.22. The summed E-state index contributed by atoms with van der Waals surface area (Å²) < 4.78 is 7.37. The van der Waals surface area contributed by atoms with Crippen LogP contribution in [-0.2, 0) is 6.54 Å². The van der Waals surface area contributed by atoms with Crippen molar-refractivity contribution < 1.29 is 0 Å². The molecular formula is C21H27N9S2. The van der Waals surface area contributed by atoms with Gasteiger partial charge in [-0.2, -0.15) is 0 Å². The Morgan fingerprint density at radius 1 is 1.22 bits per heavy atom. The van der Waals surface area contributed by atoms with Gasteiger partial charge in [0.25, 0.3) is 0 Å². The molecule has 0 amide bonds. The number of aromatic nitrogens is 6. The first-order valence-electron chi connectivity index (χ1n) is 11.0. The molecule has 1 aliphatic heterocycles. The second kappa shape index (κ2) is 9.16. The first kappa shape index (κ1) is 21.4. The molecule has 5 rings (SSSR count). The lowest BCUT2D eigenvalue weighted by Crippen LogP contribution is -2.24. The molecule has 1 aliphatic rings. The van der Waals surface area contributed by atoms with Crippen LogP contribution in [0.1, 0.15) is 26.7 Å². The van der Waals surface area contributed by atoms with E-state index in [0.717, 1.165) is 58.6 Å². The lowest BCUT2D eigenvalue weighted by Gasteiger charge is -2.21. The molecule has 0 unspecified atom stereocenters. The van der Waals surface area contributed by atoms with Crippen LogP contribution in [0.25, 0.3) is 21.4 Å². The molecule has 3 aromatic heterocycles. The van der Waals surface area contributed by atoms with Crippen LogP contribution in [0.5, 0.6) is 0 Å². The molecule has 0 aliphatic carbocycles. The number of anilines is 2. The zero-order valence-corrected chi connectivity index (χ0v) is 19.9. The summed E-state index contributed by atoms with van der Waals surface area (Å²) in [5.41, 5.74) is 9.71. The van der Waals surface area contributed by atoms with Gasteiger partial charge in [0, 0.05) is 31.1 Å². The number of nitrogens with zero attached hydrogens (tertiary/aromatic N) is 7. The summed E-state index contributed by atoms with van der Waals surface area (Å²) >= 11 is 3.08. The monoisotopic (exact) mass is 469 g/mol. The largest absolute Gasteiger partial charge is 0.382 e. The number of nitrogen functional groups attached to an aromatic ring is 1. The summed E-state index contributed by atoms with van der Waals surface area (Å²) in [5.74, 6) is 1.01. The van der Waals surface area contributed by atoms with Gasteiger partial charge in [-0.1, -0.05) is 18.3 Å². The molecular weight excluding hydrogens is 442 g/mol. The zero-order valence-electron chi connectivity index (χ0n) is 18.3. The van der Waals surface area contributed by atoms with Gasteiger partial charge >= 0.3 is 0 Å². The van der Waals surface area contributed by atoms with Gasteiger partial charge in [0.05, 0.1) is 10.4 Å². The maximum Gasteiger partial charge on any atom is 0.175 e. The number of nitrogens with one attached hydrogen (secondary N) is 1. The van der Waals surface area contributed by atoms with Crippen molar-refractivity contribution in [2.45, 2.75) is 43.3 Å². The van der Waals surface area contributed by atoms with Gasteiger partial charge in [-0.05, 0) is 60.7 Å². The highest BCUT2D eigenvalue weighted by molar-refractivity contribution is 7.99. The first-order valence-corrected chi connectivity index (χ1v) is 12.6. The lowest BCUT2D eigenvalue weighted by molar-refractivity contribution is 0.516. The number of benzene rings is 1. The Balaban J connectivity index is 1.53. The van der Waals surface area contributed by atoms with Gasteiger partial charge in [-0.15, -0.1) is 5.10 Å². The minimum Gasteiger partial charge on any atom is -0.382 e. The minimum atomic E-state index is 0.410. The summed E-state index contributed by atoms with van der Waals surface area (Å²) in [4.78, 5) is 17.1. The molecule has 0 bridgehead atoms. The summed E-state index contributed by atoms with van der Waals surface area (Å²) in [6.07, 6.45) is 3.93. The van der Waals surface area contributed by atoms with Gasteiger partial charge in [0.1, 0.15) is 11.8 Å². The quantitative estimate of drug-likeness (QED) is 0.375. The third kappa shape index (κ3) is 4.24. The van der Waals surface area contributed by atoms with Crippen LogP contribution in [0.3, 0.4) is 0 Å². The topological polar surface area (TPSA) is 111 Å². The fourth-order valence-corrected chi connectivity index (χ4v) is 5.72. The Kier molecular flexibility index (Phi) is 6.11. The number of fused-ring (bicyclic) bond motifs is 2. The van der Waals surface area contributed by atoms with E-state index in [2.05, 4.69) is 60.3 Å². The number of hydrogen-bond donors (Lipinski definition) is 2. The second-order valence-corrected chi connectivity index (χ2v) is 10.2. The van der Waals surface area contributed by atoms with Crippen molar-refractivity contribution >= 4 is 56.2 Å². The van der Waals surface area contributed by atoms with Crippen molar-refractivity contribution in [3.63, 3.8) is 0 Å². The molecule has 0 atom stereocenters. The van der Waals surface area contributed by atoms with Crippen molar-refractivity contribution in [2.75, 3.05) is 36.8 Å². The summed E-state index contributed by atoms with van der Waals surface area (Å²) in [6, 6.07) is 4.35. The van der Waals surface area contributed by atoms with E-state index in [1.807, 2.05) is 0 Å². The third-order valence-electron chi connectivity index (χ3n) is 5.57. The van der Waals surface area contributed by atoms with E-state index in [0.29, 0.717) is 17.3 Å². The van der Waals surface area contributed by atoms with Crippen LogP contribution in [-0.4, -0.2) is 55.3 Å². The number of rotatable bonds is 8. The van der Waals surface area contributed by atoms with Crippen LogP contribution in [0.2, 0.25) is 0 Å². The highest BCUT2D eigenvalue weighted by atomic mass is 32.2. The van der Waals surface area contributed by atoms with Crippen molar-refractivity contribution in [3.05, 3.63) is 18.5 Å². The van der Waals surface area contributed by atoms with Crippen LogP contribution in [0.4, 0.5) is 11.5 Å². The molecule has 4 aromatic rings. The molecule has 32 heavy (non-hydrogen) atoms. The Morgan fingerprint density at radius 2 is 2.06 bits per heavy atom. The Bertz CT molecular complexity index is 1230. The summed E-state index contributed by atoms with van der Waals surface area (Å²) in [6.45, 7) is 9.09. The number of imidazole rings is 1. The molecule has 9 nitrogen and oxygen atoms in total. The third-order valence-corrected chi connectivity index (χ3v) is 7.29. The van der Waals surface area contributed by atoms with Gasteiger partial charge < -0.3 is 20.5 Å². The predicted molar refractivity (Wildman–Crippen MR) is 130 cm³/mol. The molecule has 11 heteroatoms. The summed E-state index contributed by atoms with van der Waals surface area (Å²) in [5, 5.41) is 8.68. The van der Waals surface area contributed by atoms with Crippen LogP contribution >= 0.6 is 23.3 Å². The molecule has 1 fully saturated rings. The predicted octanol–water partition coefficient (Wildman–Crippen LogP) is 3.41.